The van der Waals surface area contributed by atoms with E-state index in [4.69, 9.17) is 4.74 Å². The molecule has 0 bridgehead atoms. The van der Waals surface area contributed by atoms with E-state index in [-0.39, 0.29) is 19.7 Å². The number of ether oxygens (including phenoxy) is 1. The van der Waals surface area contributed by atoms with Crippen LogP contribution >= 0.6 is 0 Å². The number of halogens is 3. The molecular formula is C20H24F3N3O5. The van der Waals surface area contributed by atoms with Gasteiger partial charge in [0.1, 0.15) is 23.7 Å². The summed E-state index contributed by atoms with van der Waals surface area (Å²) >= 11 is 0. The van der Waals surface area contributed by atoms with Gasteiger partial charge in [-0.05, 0) is 20.0 Å². The summed E-state index contributed by atoms with van der Waals surface area (Å²) in [6.07, 6.45) is 0.780. The van der Waals surface area contributed by atoms with Gasteiger partial charge in [0, 0.05) is 39.3 Å². The average Bonchev–Trinajstić information content (AvgIpc) is 2.70. The molecular weight excluding hydrogens is 419 g/mol. The zero-order chi connectivity index (χ0) is 23.3. The number of anilines is 1. The normalized spacial score (nSPS) is 16.1. The van der Waals surface area contributed by atoms with Crippen molar-refractivity contribution in [3.05, 3.63) is 40.9 Å². The molecule has 1 aromatic carbocycles. The van der Waals surface area contributed by atoms with Gasteiger partial charge in [-0.25, -0.2) is 18.0 Å². The molecule has 1 unspecified atom stereocenters. The first kappa shape index (κ1) is 24.2. The van der Waals surface area contributed by atoms with Gasteiger partial charge in [-0.1, -0.05) is 0 Å². The molecule has 0 amide bonds. The highest BCUT2D eigenvalue weighted by molar-refractivity contribution is 6.23. The van der Waals surface area contributed by atoms with Crippen LogP contribution in [-0.4, -0.2) is 73.6 Å². The summed E-state index contributed by atoms with van der Waals surface area (Å²) in [6.45, 7) is 4.17. The van der Waals surface area contributed by atoms with Crippen molar-refractivity contribution in [3.8, 4) is 0 Å². The quantitative estimate of drug-likeness (QED) is 0.156. The Labute approximate surface area is 177 Å². The van der Waals surface area contributed by atoms with E-state index in [1.54, 1.807) is 0 Å². The summed E-state index contributed by atoms with van der Waals surface area (Å²) in [7, 11) is 1.84. The van der Waals surface area contributed by atoms with Crippen LogP contribution in [0.3, 0.4) is 0 Å². The van der Waals surface area contributed by atoms with Crippen molar-refractivity contribution in [2.75, 3.05) is 44.7 Å². The minimum atomic E-state index is -1.72. The van der Waals surface area contributed by atoms with Crippen molar-refractivity contribution in [2.45, 2.75) is 19.9 Å². The van der Waals surface area contributed by atoms with Crippen LogP contribution in [0.2, 0.25) is 0 Å². The number of carbonyl (C=O) groups excluding carboxylic acids is 2. The smallest absolute Gasteiger partial charge is 0.341 e. The standard InChI is InChI=1S/C20H24F3N3O5/c1-11(10-31-12(2)27)24-9-14(20(29)30)19(28)13-8-15(21)18(17(23)16(13)22)26-6-4-25(3)5-7-26/h8-9,11,24H,4-7,10H2,1-3H3,(H,29,30)/b14-9+. The number of ketones is 1. The van der Waals surface area contributed by atoms with Crippen LogP contribution in [0.15, 0.2) is 17.8 Å². The molecule has 0 spiro atoms. The van der Waals surface area contributed by atoms with Crippen molar-refractivity contribution in [2.24, 2.45) is 0 Å². The van der Waals surface area contributed by atoms with E-state index < -0.39 is 58.0 Å². The van der Waals surface area contributed by atoms with Gasteiger partial charge in [-0.3, -0.25) is 9.59 Å². The molecule has 1 fully saturated rings. The SMILES string of the molecule is CC(=O)OCC(C)N/C=C(/C(=O)O)C(=O)c1cc(F)c(N2CCN(C)CC2)c(F)c1F. The number of piperazine rings is 1. The Morgan fingerprint density at radius 2 is 1.81 bits per heavy atom. The third-order valence-electron chi connectivity index (χ3n) is 4.72. The molecule has 0 aliphatic carbocycles. The Morgan fingerprint density at radius 1 is 1.19 bits per heavy atom. The lowest BCUT2D eigenvalue weighted by Gasteiger charge is -2.34. The van der Waals surface area contributed by atoms with Crippen LogP contribution in [-0.2, 0) is 14.3 Å². The van der Waals surface area contributed by atoms with Crippen LogP contribution in [0.4, 0.5) is 18.9 Å². The van der Waals surface area contributed by atoms with E-state index >= 15 is 0 Å². The Hall–Kier alpha value is -3.08. The Morgan fingerprint density at radius 3 is 2.35 bits per heavy atom. The first-order valence-corrected chi connectivity index (χ1v) is 9.51. The third kappa shape index (κ3) is 5.97. The molecule has 2 N–H and O–H groups in total. The number of esters is 1. The van der Waals surface area contributed by atoms with Crippen LogP contribution in [0.5, 0.6) is 0 Å². The van der Waals surface area contributed by atoms with Crippen LogP contribution in [0, 0.1) is 17.5 Å². The number of hydrogen-bond acceptors (Lipinski definition) is 7. The van der Waals surface area contributed by atoms with Crippen LogP contribution in [0.25, 0.3) is 0 Å². The Balaban J connectivity index is 2.30. The summed E-state index contributed by atoms with van der Waals surface area (Å²) in [5.41, 5.74) is -2.55. The minimum Gasteiger partial charge on any atom is -0.477 e. The van der Waals surface area contributed by atoms with E-state index in [9.17, 15) is 32.7 Å². The molecule has 31 heavy (non-hydrogen) atoms. The molecule has 1 aliphatic heterocycles. The van der Waals surface area contributed by atoms with Crippen molar-refractivity contribution in [1.82, 2.24) is 10.2 Å². The average molecular weight is 443 g/mol. The van der Waals surface area contributed by atoms with E-state index in [1.807, 2.05) is 11.9 Å². The molecule has 1 aliphatic rings. The first-order chi connectivity index (χ1) is 14.5. The number of rotatable bonds is 8. The topological polar surface area (TPSA) is 99.2 Å². The number of aliphatic carboxylic acids is 1. The molecule has 1 aromatic rings. The highest BCUT2D eigenvalue weighted by Gasteiger charge is 2.30. The second kappa shape index (κ2) is 10.3. The number of hydrogen-bond donors (Lipinski definition) is 2. The maximum absolute atomic E-state index is 14.7. The number of benzene rings is 1. The molecule has 0 radical (unpaired) electrons. The van der Waals surface area contributed by atoms with Gasteiger partial charge in [0.05, 0.1) is 11.6 Å². The predicted octanol–water partition coefficient (Wildman–Crippen LogP) is 1.55. The third-order valence-corrected chi connectivity index (χ3v) is 4.72. The van der Waals surface area contributed by atoms with Gasteiger partial charge in [-0.15, -0.1) is 0 Å². The number of nitrogens with zero attached hydrogens (tertiary/aromatic N) is 2. The van der Waals surface area contributed by atoms with Gasteiger partial charge in [0.15, 0.2) is 11.6 Å². The Kier molecular flexibility index (Phi) is 8.03. The summed E-state index contributed by atoms with van der Waals surface area (Å²) in [5.74, 6) is -8.01. The summed E-state index contributed by atoms with van der Waals surface area (Å²) < 4.78 is 48.7. The highest BCUT2D eigenvalue weighted by atomic mass is 19.2. The molecule has 11 heteroatoms. The zero-order valence-electron chi connectivity index (χ0n) is 17.4. The summed E-state index contributed by atoms with van der Waals surface area (Å²) in [6, 6.07) is -0.0722. The maximum Gasteiger partial charge on any atom is 0.341 e. The number of nitrogens with one attached hydrogen (secondary N) is 1. The molecule has 1 saturated heterocycles. The second-order valence-corrected chi connectivity index (χ2v) is 7.24. The lowest BCUT2D eigenvalue weighted by molar-refractivity contribution is -0.141. The number of Topliss-reactive ketones (excluding diaryl/α,β-unsaturated/α-hetero) is 1. The fraction of sp³-hybridized carbons (Fsp3) is 0.450. The number of carbonyl (C=O) groups is 3. The van der Waals surface area contributed by atoms with E-state index in [0.717, 1.165) is 6.20 Å². The number of carboxylic acids is 1. The fourth-order valence-corrected chi connectivity index (χ4v) is 2.96. The van der Waals surface area contributed by atoms with Crippen LogP contribution in [0.1, 0.15) is 24.2 Å². The lowest BCUT2D eigenvalue weighted by atomic mass is 10.0. The Bertz CT molecular complexity index is 899. The van der Waals surface area contributed by atoms with Crippen LogP contribution < -0.4 is 10.2 Å². The monoisotopic (exact) mass is 443 g/mol. The van der Waals surface area contributed by atoms with Gasteiger partial charge >= 0.3 is 11.9 Å². The van der Waals surface area contributed by atoms with Gasteiger partial charge < -0.3 is 25.0 Å². The lowest BCUT2D eigenvalue weighted by Crippen LogP contribution is -2.45. The molecule has 170 valence electrons. The summed E-state index contributed by atoms with van der Waals surface area (Å²) in [5, 5.41) is 11.8. The van der Waals surface area contributed by atoms with E-state index in [1.165, 1.54) is 18.7 Å². The van der Waals surface area contributed by atoms with Gasteiger partial charge in [-0.2, -0.15) is 0 Å². The first-order valence-electron chi connectivity index (χ1n) is 9.51. The molecule has 1 atom stereocenters. The fourth-order valence-electron chi connectivity index (χ4n) is 2.96. The zero-order valence-corrected chi connectivity index (χ0v) is 17.4. The van der Waals surface area contributed by atoms with Crippen molar-refractivity contribution < 1.29 is 37.4 Å². The van der Waals surface area contributed by atoms with E-state index in [2.05, 4.69) is 5.32 Å². The van der Waals surface area contributed by atoms with Gasteiger partial charge in [0.2, 0.25) is 5.78 Å². The van der Waals surface area contributed by atoms with Gasteiger partial charge in [0.25, 0.3) is 0 Å². The molecule has 1 heterocycles. The summed E-state index contributed by atoms with van der Waals surface area (Å²) in [4.78, 5) is 38.1. The molecule has 0 saturated carbocycles. The predicted molar refractivity (Wildman–Crippen MR) is 105 cm³/mol. The minimum absolute atomic E-state index is 0.121. The second-order valence-electron chi connectivity index (χ2n) is 7.24. The molecule has 2 rings (SSSR count). The largest absolute Gasteiger partial charge is 0.477 e. The molecule has 0 aromatic heterocycles. The number of likely N-dealkylation sites (N-methyl/N-ethyl adjacent to an activating group) is 1. The highest BCUT2D eigenvalue weighted by Crippen LogP contribution is 2.30. The van der Waals surface area contributed by atoms with Crippen molar-refractivity contribution in [1.29, 1.82) is 0 Å². The van der Waals surface area contributed by atoms with E-state index in [0.29, 0.717) is 19.2 Å². The maximum atomic E-state index is 14.7. The molecule has 8 nitrogen and oxygen atoms in total. The number of carboxylic acid groups (broad SMARTS) is 1. The van der Waals surface area contributed by atoms with Crippen molar-refractivity contribution in [3.63, 3.8) is 0 Å². The van der Waals surface area contributed by atoms with Crippen molar-refractivity contribution >= 4 is 23.4 Å².